The zero-order valence-corrected chi connectivity index (χ0v) is 15.2. The third kappa shape index (κ3) is 3.90. The molecule has 0 aliphatic rings. The maximum atomic E-state index is 12.1. The average molecular weight is 394 g/mol. The highest BCUT2D eigenvalue weighted by atomic mass is 32.2. The lowest BCUT2D eigenvalue weighted by Gasteiger charge is -2.15. The molecule has 9 heteroatoms. The van der Waals surface area contributed by atoms with Gasteiger partial charge >= 0.3 is 5.97 Å². The number of nitrogens with one attached hydrogen (secondary N) is 1. The van der Waals surface area contributed by atoms with Gasteiger partial charge in [-0.05, 0) is 35.0 Å². The number of hydrogen-bond donors (Lipinski definition) is 3. The van der Waals surface area contributed by atoms with Crippen LogP contribution in [0.3, 0.4) is 0 Å². The first-order valence-electron chi connectivity index (χ1n) is 7.10. The van der Waals surface area contributed by atoms with Crippen molar-refractivity contribution in [3.05, 3.63) is 57.6 Å². The Morgan fingerprint density at radius 1 is 1.16 bits per heavy atom. The molecule has 25 heavy (non-hydrogen) atoms. The molecule has 0 amide bonds. The van der Waals surface area contributed by atoms with E-state index >= 15 is 0 Å². The van der Waals surface area contributed by atoms with Crippen molar-refractivity contribution >= 4 is 44.4 Å². The zero-order chi connectivity index (χ0) is 18.0. The highest BCUT2D eigenvalue weighted by molar-refractivity contribution is 7.89. The number of nitrogens with two attached hydrogens (primary N) is 1. The maximum Gasteiger partial charge on any atom is 0.335 e. The van der Waals surface area contributed by atoms with Crippen LogP contribution in [0.15, 0.2) is 52.1 Å². The van der Waals surface area contributed by atoms with Gasteiger partial charge in [0.1, 0.15) is 0 Å². The van der Waals surface area contributed by atoms with Crippen molar-refractivity contribution in [2.24, 2.45) is 5.14 Å². The van der Waals surface area contributed by atoms with E-state index in [0.717, 1.165) is 10.9 Å². The van der Waals surface area contributed by atoms with Gasteiger partial charge in [-0.3, -0.25) is 0 Å². The molecular weight excluding hydrogens is 380 g/mol. The number of hydrogen-bond acceptors (Lipinski definition) is 6. The summed E-state index contributed by atoms with van der Waals surface area (Å²) in [5, 5.41) is 21.6. The first-order chi connectivity index (χ1) is 11.9. The second-order valence-corrected chi connectivity index (χ2v) is 8.67. The highest BCUT2D eigenvalue weighted by Crippen LogP contribution is 2.38. The quantitative estimate of drug-likeness (QED) is 0.593. The van der Waals surface area contributed by atoms with E-state index in [1.165, 1.54) is 17.4 Å². The molecule has 0 aliphatic carbocycles. The van der Waals surface area contributed by atoms with Crippen molar-refractivity contribution in [1.82, 2.24) is 0 Å². The smallest absolute Gasteiger partial charge is 0.335 e. The first kappa shape index (κ1) is 17.6. The summed E-state index contributed by atoms with van der Waals surface area (Å²) in [4.78, 5) is 12.9. The molecular formula is C16H14N2O4S3. The summed E-state index contributed by atoms with van der Waals surface area (Å²) in [5.41, 5.74) is 0.664. The van der Waals surface area contributed by atoms with Crippen LogP contribution < -0.4 is 10.5 Å². The van der Waals surface area contributed by atoms with Gasteiger partial charge in [-0.25, -0.2) is 18.4 Å². The van der Waals surface area contributed by atoms with Gasteiger partial charge in [0.05, 0.1) is 10.5 Å². The van der Waals surface area contributed by atoms with E-state index in [-0.39, 0.29) is 10.5 Å². The van der Waals surface area contributed by atoms with Crippen LogP contribution in [-0.4, -0.2) is 19.5 Å². The summed E-state index contributed by atoms with van der Waals surface area (Å²) in [6.07, 6.45) is 0. The Morgan fingerprint density at radius 3 is 2.44 bits per heavy atom. The third-order valence-electron chi connectivity index (χ3n) is 3.46. The summed E-state index contributed by atoms with van der Waals surface area (Å²) >= 11 is 2.90. The van der Waals surface area contributed by atoms with Crippen LogP contribution >= 0.6 is 22.7 Å². The minimum Gasteiger partial charge on any atom is -0.478 e. The molecule has 3 aromatic rings. The van der Waals surface area contributed by atoms with E-state index in [0.29, 0.717) is 22.7 Å². The number of benzene rings is 1. The van der Waals surface area contributed by atoms with Crippen molar-refractivity contribution in [3.8, 4) is 10.4 Å². The molecule has 4 N–H and O–H groups in total. The minimum atomic E-state index is -4.10. The number of aromatic carboxylic acids is 1. The summed E-state index contributed by atoms with van der Waals surface area (Å²) in [5.74, 6) is -1.22. The van der Waals surface area contributed by atoms with Gasteiger partial charge in [0.15, 0.2) is 0 Å². The average Bonchev–Trinajstić information content (AvgIpc) is 3.24. The Labute approximate surface area is 152 Å². The van der Waals surface area contributed by atoms with Crippen molar-refractivity contribution < 1.29 is 18.3 Å². The normalized spacial score (nSPS) is 11.4. The van der Waals surface area contributed by atoms with E-state index in [9.17, 15) is 18.3 Å². The Morgan fingerprint density at radius 2 is 1.88 bits per heavy atom. The number of primary sulfonamides is 1. The second kappa shape index (κ2) is 6.96. The summed E-state index contributed by atoms with van der Waals surface area (Å²) in [6, 6.07) is 9.94. The lowest BCUT2D eigenvalue weighted by atomic mass is 10.1. The number of rotatable bonds is 6. The molecule has 0 atom stereocenters. The molecule has 0 spiro atoms. The molecule has 0 saturated heterocycles. The lowest BCUT2D eigenvalue weighted by molar-refractivity contribution is 0.0696. The van der Waals surface area contributed by atoms with E-state index in [1.54, 1.807) is 23.5 Å². The zero-order valence-electron chi connectivity index (χ0n) is 12.8. The predicted molar refractivity (Wildman–Crippen MR) is 99.7 cm³/mol. The molecule has 3 rings (SSSR count). The topological polar surface area (TPSA) is 109 Å². The van der Waals surface area contributed by atoms with Crippen molar-refractivity contribution in [2.45, 2.75) is 11.4 Å². The molecule has 0 fully saturated rings. The van der Waals surface area contributed by atoms with Gasteiger partial charge in [0, 0.05) is 27.5 Å². The fourth-order valence-corrected chi connectivity index (χ4v) is 4.68. The number of carboxylic acids is 1. The Bertz CT molecular complexity index is 994. The number of anilines is 1. The standard InChI is InChI=1S/C16H14N2O4S3/c17-25(21,22)14-8-10(16(19)20)7-12(15(14)13-4-2-6-24-13)18-9-11-3-1-5-23-11/h1-8,18H,9H2,(H,19,20)(H2,17,21,22). The predicted octanol–water partition coefficient (Wildman–Crippen LogP) is 3.43. The third-order valence-corrected chi connectivity index (χ3v) is 6.16. The van der Waals surface area contributed by atoms with Gasteiger partial charge in [-0.2, -0.15) is 0 Å². The molecule has 0 unspecified atom stereocenters. The molecule has 2 aromatic heterocycles. The van der Waals surface area contributed by atoms with E-state index < -0.39 is 16.0 Å². The molecule has 0 radical (unpaired) electrons. The number of carboxylic acid groups (broad SMARTS) is 1. The maximum absolute atomic E-state index is 12.1. The van der Waals surface area contributed by atoms with Crippen LogP contribution in [0, 0.1) is 0 Å². The van der Waals surface area contributed by atoms with Crippen LogP contribution in [-0.2, 0) is 16.6 Å². The fraction of sp³-hybridized carbons (Fsp3) is 0.0625. The molecule has 1 aromatic carbocycles. The van der Waals surface area contributed by atoms with Crippen LogP contribution in [0.5, 0.6) is 0 Å². The molecule has 0 bridgehead atoms. The van der Waals surface area contributed by atoms with E-state index in [1.807, 2.05) is 22.9 Å². The molecule has 6 nitrogen and oxygen atoms in total. The number of carbonyl (C=O) groups is 1. The molecule has 0 saturated carbocycles. The molecule has 0 aliphatic heterocycles. The molecule has 2 heterocycles. The monoisotopic (exact) mass is 394 g/mol. The largest absolute Gasteiger partial charge is 0.478 e. The van der Waals surface area contributed by atoms with Crippen LogP contribution in [0.1, 0.15) is 15.2 Å². The van der Waals surface area contributed by atoms with Gasteiger partial charge < -0.3 is 10.4 Å². The first-order valence-corrected chi connectivity index (χ1v) is 10.4. The van der Waals surface area contributed by atoms with Crippen LogP contribution in [0.2, 0.25) is 0 Å². The van der Waals surface area contributed by atoms with Gasteiger partial charge in [-0.1, -0.05) is 12.1 Å². The second-order valence-electron chi connectivity index (χ2n) is 5.16. The van der Waals surface area contributed by atoms with E-state index in [2.05, 4.69) is 5.32 Å². The van der Waals surface area contributed by atoms with Gasteiger partial charge in [0.25, 0.3) is 0 Å². The van der Waals surface area contributed by atoms with Gasteiger partial charge in [0.2, 0.25) is 10.0 Å². The fourth-order valence-electron chi connectivity index (χ4n) is 2.37. The summed E-state index contributed by atoms with van der Waals surface area (Å²) in [7, 11) is -4.10. The van der Waals surface area contributed by atoms with Crippen LogP contribution in [0.4, 0.5) is 5.69 Å². The Kier molecular flexibility index (Phi) is 4.91. The Hall–Kier alpha value is -2.20. The van der Waals surface area contributed by atoms with Crippen molar-refractivity contribution in [3.63, 3.8) is 0 Å². The van der Waals surface area contributed by atoms with Gasteiger partial charge in [-0.15, -0.1) is 22.7 Å². The summed E-state index contributed by atoms with van der Waals surface area (Å²) < 4.78 is 24.1. The molecule has 130 valence electrons. The van der Waals surface area contributed by atoms with Crippen molar-refractivity contribution in [1.29, 1.82) is 0 Å². The highest BCUT2D eigenvalue weighted by Gasteiger charge is 2.23. The van der Waals surface area contributed by atoms with E-state index in [4.69, 9.17) is 5.14 Å². The summed E-state index contributed by atoms with van der Waals surface area (Å²) in [6.45, 7) is 0.448. The van der Waals surface area contributed by atoms with Crippen molar-refractivity contribution in [2.75, 3.05) is 5.32 Å². The minimum absolute atomic E-state index is 0.141. The van der Waals surface area contributed by atoms with Crippen LogP contribution in [0.25, 0.3) is 10.4 Å². The number of sulfonamides is 1. The Balaban J connectivity index is 2.18. The SMILES string of the molecule is NS(=O)(=O)c1cc(C(=O)O)cc(NCc2cccs2)c1-c1cccs1. The lowest BCUT2D eigenvalue weighted by Crippen LogP contribution is -2.16. The number of thiophene rings is 2.